The lowest BCUT2D eigenvalue weighted by Crippen LogP contribution is -2.32. The van der Waals surface area contributed by atoms with Crippen molar-refractivity contribution in [1.29, 1.82) is 5.26 Å². The van der Waals surface area contributed by atoms with Crippen molar-refractivity contribution in [3.05, 3.63) is 57.6 Å². The van der Waals surface area contributed by atoms with Crippen LogP contribution in [0.4, 0.5) is 0 Å². The molecule has 0 aliphatic rings. The molecule has 31 heavy (non-hydrogen) atoms. The summed E-state index contributed by atoms with van der Waals surface area (Å²) in [7, 11) is 3.33. The van der Waals surface area contributed by atoms with Gasteiger partial charge in [0.2, 0.25) is 0 Å². The SMILES string of the molecule is COc1cc(CCCNCCC[C@@](C#N)(c2ccc(Cl)c(Cl)c2)C(C)C)cc(OC)c1. The van der Waals surface area contributed by atoms with Gasteiger partial charge in [-0.1, -0.05) is 43.1 Å². The van der Waals surface area contributed by atoms with E-state index in [1.807, 2.05) is 30.3 Å². The number of benzene rings is 2. The van der Waals surface area contributed by atoms with Gasteiger partial charge in [-0.05, 0) is 80.1 Å². The molecule has 1 atom stereocenters. The Bertz CT molecular complexity index is 873. The van der Waals surface area contributed by atoms with Crippen LogP contribution >= 0.6 is 23.2 Å². The third-order valence-corrected chi connectivity index (χ3v) is 6.51. The Morgan fingerprint density at radius 1 is 0.968 bits per heavy atom. The summed E-state index contributed by atoms with van der Waals surface area (Å²) in [5, 5.41) is 14.6. The van der Waals surface area contributed by atoms with Crippen LogP contribution in [0.25, 0.3) is 0 Å². The summed E-state index contributed by atoms with van der Waals surface area (Å²) in [6.07, 6.45) is 3.62. The molecule has 2 aromatic carbocycles. The highest BCUT2D eigenvalue weighted by molar-refractivity contribution is 6.42. The number of methoxy groups -OCH3 is 2. The predicted molar refractivity (Wildman–Crippen MR) is 129 cm³/mol. The Hall–Kier alpha value is -1.93. The number of nitriles is 1. The van der Waals surface area contributed by atoms with Crippen molar-refractivity contribution in [3.63, 3.8) is 0 Å². The number of rotatable bonds is 12. The van der Waals surface area contributed by atoms with Gasteiger partial charge < -0.3 is 14.8 Å². The van der Waals surface area contributed by atoms with Crippen LogP contribution in [0.2, 0.25) is 10.0 Å². The smallest absolute Gasteiger partial charge is 0.122 e. The first-order valence-corrected chi connectivity index (χ1v) is 11.4. The van der Waals surface area contributed by atoms with Gasteiger partial charge in [0.25, 0.3) is 0 Å². The molecule has 4 nitrogen and oxygen atoms in total. The van der Waals surface area contributed by atoms with Gasteiger partial charge >= 0.3 is 0 Å². The zero-order valence-corrected chi connectivity index (χ0v) is 20.3. The molecule has 0 aliphatic carbocycles. The molecule has 0 unspecified atom stereocenters. The second kappa shape index (κ2) is 12.2. The molecule has 0 heterocycles. The van der Waals surface area contributed by atoms with Crippen molar-refractivity contribution >= 4 is 23.2 Å². The molecule has 2 rings (SSSR count). The number of aryl methyl sites for hydroxylation is 1. The molecule has 0 amide bonds. The zero-order valence-electron chi connectivity index (χ0n) is 18.8. The Morgan fingerprint density at radius 3 is 2.16 bits per heavy atom. The van der Waals surface area contributed by atoms with Crippen LogP contribution in [-0.2, 0) is 11.8 Å². The normalized spacial score (nSPS) is 13.0. The van der Waals surface area contributed by atoms with Crippen LogP contribution in [0.1, 0.15) is 44.2 Å². The van der Waals surface area contributed by atoms with E-state index >= 15 is 0 Å². The molecule has 2 aromatic rings. The van der Waals surface area contributed by atoms with Crippen molar-refractivity contribution in [1.82, 2.24) is 5.32 Å². The molecular formula is C25H32Cl2N2O2. The highest BCUT2D eigenvalue weighted by Crippen LogP contribution is 2.38. The molecule has 0 radical (unpaired) electrons. The summed E-state index contributed by atoms with van der Waals surface area (Å²) in [4.78, 5) is 0. The topological polar surface area (TPSA) is 54.3 Å². The van der Waals surface area contributed by atoms with E-state index in [0.717, 1.165) is 55.8 Å². The minimum atomic E-state index is -0.576. The van der Waals surface area contributed by atoms with E-state index in [9.17, 15) is 5.26 Å². The highest BCUT2D eigenvalue weighted by Gasteiger charge is 2.35. The quantitative estimate of drug-likeness (QED) is 0.369. The second-order valence-electron chi connectivity index (χ2n) is 8.04. The minimum absolute atomic E-state index is 0.165. The first-order chi connectivity index (χ1) is 14.9. The molecule has 0 aromatic heterocycles. The van der Waals surface area contributed by atoms with E-state index in [0.29, 0.717) is 10.0 Å². The summed E-state index contributed by atoms with van der Waals surface area (Å²) in [6, 6.07) is 14.1. The van der Waals surface area contributed by atoms with Crippen LogP contribution in [0.3, 0.4) is 0 Å². The number of ether oxygens (including phenoxy) is 2. The Labute approximate surface area is 196 Å². The average molecular weight is 463 g/mol. The lowest BCUT2D eigenvalue weighted by atomic mass is 9.70. The van der Waals surface area contributed by atoms with Crippen LogP contribution in [0, 0.1) is 17.2 Å². The number of nitrogens with zero attached hydrogens (tertiary/aromatic N) is 1. The molecule has 6 heteroatoms. The van der Waals surface area contributed by atoms with Gasteiger partial charge in [-0.2, -0.15) is 5.26 Å². The van der Waals surface area contributed by atoms with E-state index < -0.39 is 5.41 Å². The number of nitrogens with one attached hydrogen (secondary N) is 1. The first-order valence-electron chi connectivity index (χ1n) is 10.7. The average Bonchev–Trinajstić information content (AvgIpc) is 2.77. The molecule has 0 aliphatic heterocycles. The van der Waals surface area contributed by atoms with Crippen LogP contribution in [0.5, 0.6) is 11.5 Å². The molecular weight excluding hydrogens is 431 g/mol. The van der Waals surface area contributed by atoms with E-state index in [4.69, 9.17) is 32.7 Å². The zero-order chi connectivity index (χ0) is 22.9. The molecule has 0 saturated carbocycles. The summed E-state index contributed by atoms with van der Waals surface area (Å²) in [6.45, 7) is 5.94. The maximum absolute atomic E-state index is 10.0. The van der Waals surface area contributed by atoms with Crippen LogP contribution in [-0.4, -0.2) is 27.3 Å². The first kappa shape index (κ1) is 25.3. The number of hydrogen-bond donors (Lipinski definition) is 1. The molecule has 0 spiro atoms. The largest absolute Gasteiger partial charge is 0.497 e. The maximum Gasteiger partial charge on any atom is 0.122 e. The van der Waals surface area contributed by atoms with E-state index in [1.54, 1.807) is 20.3 Å². The van der Waals surface area contributed by atoms with Crippen molar-refractivity contribution in [2.45, 2.75) is 44.9 Å². The standard InChI is InChI=1S/C25H32Cl2N2O2/c1-18(2)25(17-28,20-8-9-23(26)24(27)15-20)10-6-12-29-11-5-7-19-13-21(30-3)16-22(14-19)31-4/h8-9,13-16,18,29H,5-7,10-12H2,1-4H3/t25-/m0/s1. The van der Waals surface area contributed by atoms with Gasteiger partial charge in [-0.25, -0.2) is 0 Å². The molecule has 1 N–H and O–H groups in total. The van der Waals surface area contributed by atoms with Gasteiger partial charge in [0.1, 0.15) is 11.5 Å². The van der Waals surface area contributed by atoms with Crippen molar-refractivity contribution in [2.75, 3.05) is 27.3 Å². The van der Waals surface area contributed by atoms with Crippen molar-refractivity contribution in [2.24, 2.45) is 5.92 Å². The number of hydrogen-bond acceptors (Lipinski definition) is 4. The third kappa shape index (κ3) is 6.77. The third-order valence-electron chi connectivity index (χ3n) is 5.77. The molecule has 0 bridgehead atoms. The summed E-state index contributed by atoms with van der Waals surface area (Å²) in [5.74, 6) is 1.79. The molecule has 168 valence electrons. The van der Waals surface area contributed by atoms with Gasteiger partial charge in [-0.3, -0.25) is 0 Å². The lowest BCUT2D eigenvalue weighted by molar-refractivity contribution is 0.356. The Kier molecular flexibility index (Phi) is 9.96. The van der Waals surface area contributed by atoms with Gasteiger partial charge in [0.05, 0.1) is 35.7 Å². The summed E-state index contributed by atoms with van der Waals surface area (Å²) < 4.78 is 10.7. The van der Waals surface area contributed by atoms with E-state index in [-0.39, 0.29) is 5.92 Å². The lowest BCUT2D eigenvalue weighted by Gasteiger charge is -2.31. The predicted octanol–water partition coefficient (Wildman–Crippen LogP) is 6.43. The number of halogens is 2. The van der Waals surface area contributed by atoms with Gasteiger partial charge in [0.15, 0.2) is 0 Å². The van der Waals surface area contributed by atoms with Gasteiger partial charge in [-0.15, -0.1) is 0 Å². The summed E-state index contributed by atoms with van der Waals surface area (Å²) >= 11 is 12.3. The minimum Gasteiger partial charge on any atom is -0.497 e. The molecule has 0 fully saturated rings. The fourth-order valence-corrected chi connectivity index (χ4v) is 4.13. The monoisotopic (exact) mass is 462 g/mol. The van der Waals surface area contributed by atoms with Crippen LogP contribution < -0.4 is 14.8 Å². The van der Waals surface area contributed by atoms with Crippen molar-refractivity contribution < 1.29 is 9.47 Å². The Morgan fingerprint density at radius 2 is 1.61 bits per heavy atom. The molecule has 0 saturated heterocycles. The maximum atomic E-state index is 10.0. The van der Waals surface area contributed by atoms with Crippen molar-refractivity contribution in [3.8, 4) is 17.6 Å². The fraction of sp³-hybridized carbons (Fsp3) is 0.480. The fourth-order valence-electron chi connectivity index (χ4n) is 3.83. The summed E-state index contributed by atoms with van der Waals surface area (Å²) in [5.41, 5.74) is 1.56. The van der Waals surface area contributed by atoms with Crippen LogP contribution in [0.15, 0.2) is 36.4 Å². The van der Waals surface area contributed by atoms with E-state index in [2.05, 4.69) is 25.2 Å². The second-order valence-corrected chi connectivity index (χ2v) is 8.86. The van der Waals surface area contributed by atoms with E-state index in [1.165, 1.54) is 5.56 Å². The van der Waals surface area contributed by atoms with Gasteiger partial charge in [0, 0.05) is 6.07 Å². The Balaban J connectivity index is 1.85. The highest BCUT2D eigenvalue weighted by atomic mass is 35.5.